The van der Waals surface area contributed by atoms with Crippen molar-refractivity contribution in [1.29, 1.82) is 5.26 Å². The number of nitrogens with one attached hydrogen (secondary N) is 1. The number of aromatic nitrogens is 2. The third-order valence-electron chi connectivity index (χ3n) is 2.20. The Hall–Kier alpha value is -2.12. The quantitative estimate of drug-likeness (QED) is 0.902. The molecule has 1 heterocycles. The summed E-state index contributed by atoms with van der Waals surface area (Å²) in [6.45, 7) is 0.587. The summed E-state index contributed by atoms with van der Waals surface area (Å²) in [4.78, 5) is 7.99. The Bertz CT molecular complexity index is 545. The van der Waals surface area contributed by atoms with Crippen LogP contribution >= 0.6 is 11.6 Å². The van der Waals surface area contributed by atoms with E-state index in [1.54, 1.807) is 18.3 Å². The first-order chi connectivity index (χ1) is 8.29. The van der Waals surface area contributed by atoms with Crippen molar-refractivity contribution in [3.63, 3.8) is 0 Å². The number of halogens is 1. The number of benzene rings is 1. The molecule has 0 saturated carbocycles. The highest BCUT2D eigenvalue weighted by Gasteiger charge is 2.01. The van der Waals surface area contributed by atoms with Crippen LogP contribution in [-0.2, 0) is 6.54 Å². The minimum Gasteiger partial charge on any atom is -0.363 e. The zero-order valence-electron chi connectivity index (χ0n) is 8.89. The normalized spacial score (nSPS) is 9.65. The van der Waals surface area contributed by atoms with Crippen molar-refractivity contribution in [2.45, 2.75) is 6.54 Å². The second-order valence-electron chi connectivity index (χ2n) is 3.36. The third kappa shape index (κ3) is 2.92. The lowest BCUT2D eigenvalue weighted by molar-refractivity contribution is 1.09. The molecule has 0 unspecified atom stereocenters. The molecule has 17 heavy (non-hydrogen) atoms. The molecule has 1 aromatic heterocycles. The average Bonchev–Trinajstić information content (AvgIpc) is 2.38. The standard InChI is InChI=1S/C12H9ClN4/c13-11-12(16-6-5-15-11)17-8-10-3-1-9(7-14)2-4-10/h1-6H,8H2,(H,16,17). The van der Waals surface area contributed by atoms with Crippen LogP contribution in [0, 0.1) is 11.3 Å². The van der Waals surface area contributed by atoms with Crippen molar-refractivity contribution < 1.29 is 0 Å². The molecule has 0 amide bonds. The maximum absolute atomic E-state index is 8.67. The lowest BCUT2D eigenvalue weighted by Gasteiger charge is -2.06. The lowest BCUT2D eigenvalue weighted by atomic mass is 10.1. The molecule has 2 aromatic rings. The summed E-state index contributed by atoms with van der Waals surface area (Å²) in [5.74, 6) is 0.554. The number of anilines is 1. The number of nitriles is 1. The van der Waals surface area contributed by atoms with E-state index in [-0.39, 0.29) is 0 Å². The number of hydrogen-bond donors (Lipinski definition) is 1. The van der Waals surface area contributed by atoms with E-state index < -0.39 is 0 Å². The molecule has 0 bridgehead atoms. The fourth-order valence-electron chi connectivity index (χ4n) is 1.32. The van der Waals surface area contributed by atoms with Crippen LogP contribution < -0.4 is 5.32 Å². The predicted molar refractivity (Wildman–Crippen MR) is 65.5 cm³/mol. The van der Waals surface area contributed by atoms with Crippen molar-refractivity contribution in [2.75, 3.05) is 5.32 Å². The Morgan fingerprint density at radius 2 is 1.88 bits per heavy atom. The number of nitrogens with zero attached hydrogens (tertiary/aromatic N) is 3. The van der Waals surface area contributed by atoms with Gasteiger partial charge in [-0.2, -0.15) is 5.26 Å². The zero-order valence-corrected chi connectivity index (χ0v) is 9.65. The van der Waals surface area contributed by atoms with Crippen LogP contribution in [0.1, 0.15) is 11.1 Å². The highest BCUT2D eigenvalue weighted by Crippen LogP contribution is 2.15. The van der Waals surface area contributed by atoms with E-state index in [4.69, 9.17) is 16.9 Å². The second kappa shape index (κ2) is 5.28. The van der Waals surface area contributed by atoms with Gasteiger partial charge in [0.15, 0.2) is 11.0 Å². The van der Waals surface area contributed by atoms with Crippen LogP contribution in [0.3, 0.4) is 0 Å². The molecule has 1 N–H and O–H groups in total. The molecule has 1 aromatic carbocycles. The van der Waals surface area contributed by atoms with Gasteiger partial charge in [0, 0.05) is 18.9 Å². The molecule has 84 valence electrons. The van der Waals surface area contributed by atoms with Crippen molar-refractivity contribution in [1.82, 2.24) is 9.97 Å². The van der Waals surface area contributed by atoms with E-state index in [2.05, 4.69) is 21.4 Å². The van der Waals surface area contributed by atoms with E-state index in [0.717, 1.165) is 5.56 Å². The molecule has 0 atom stereocenters. The van der Waals surface area contributed by atoms with Gasteiger partial charge >= 0.3 is 0 Å². The van der Waals surface area contributed by atoms with Gasteiger partial charge in [0.1, 0.15) is 0 Å². The molecule has 0 aliphatic carbocycles. The summed E-state index contributed by atoms with van der Waals surface area (Å²) in [7, 11) is 0. The molecule has 0 aliphatic heterocycles. The molecule has 0 radical (unpaired) electrons. The predicted octanol–water partition coefficient (Wildman–Crippen LogP) is 2.61. The van der Waals surface area contributed by atoms with Crippen LogP contribution in [0.15, 0.2) is 36.7 Å². The van der Waals surface area contributed by atoms with Crippen molar-refractivity contribution in [2.24, 2.45) is 0 Å². The average molecular weight is 245 g/mol. The highest BCUT2D eigenvalue weighted by molar-refractivity contribution is 6.31. The maximum Gasteiger partial charge on any atom is 0.171 e. The summed E-state index contributed by atoms with van der Waals surface area (Å²) >= 11 is 5.86. The molecule has 0 aliphatic rings. The van der Waals surface area contributed by atoms with Gasteiger partial charge in [-0.15, -0.1) is 0 Å². The van der Waals surface area contributed by atoms with Gasteiger partial charge < -0.3 is 5.32 Å². The highest BCUT2D eigenvalue weighted by atomic mass is 35.5. The fraction of sp³-hybridized carbons (Fsp3) is 0.0833. The summed E-state index contributed by atoms with van der Waals surface area (Å²) in [6.07, 6.45) is 3.11. The third-order valence-corrected chi connectivity index (χ3v) is 2.47. The first-order valence-corrected chi connectivity index (χ1v) is 5.37. The first kappa shape index (κ1) is 11.4. The SMILES string of the molecule is N#Cc1ccc(CNc2nccnc2Cl)cc1. The van der Waals surface area contributed by atoms with Crippen LogP contribution in [0.2, 0.25) is 5.15 Å². The molecule has 0 spiro atoms. The Balaban J connectivity index is 2.03. The van der Waals surface area contributed by atoms with Gasteiger partial charge in [-0.3, -0.25) is 0 Å². The van der Waals surface area contributed by atoms with Crippen molar-refractivity contribution in [3.05, 3.63) is 52.9 Å². The van der Waals surface area contributed by atoms with Crippen LogP contribution in [0.25, 0.3) is 0 Å². The Labute approximate surface area is 104 Å². The largest absolute Gasteiger partial charge is 0.363 e. The Kier molecular flexibility index (Phi) is 3.53. The molecule has 0 saturated heterocycles. The number of rotatable bonds is 3. The van der Waals surface area contributed by atoms with E-state index in [0.29, 0.717) is 23.1 Å². The van der Waals surface area contributed by atoms with Crippen LogP contribution in [0.4, 0.5) is 5.82 Å². The first-order valence-electron chi connectivity index (χ1n) is 4.99. The molecule has 4 nitrogen and oxygen atoms in total. The number of hydrogen-bond acceptors (Lipinski definition) is 4. The van der Waals surface area contributed by atoms with Gasteiger partial charge in [0.05, 0.1) is 11.6 Å². The molecule has 2 rings (SSSR count). The van der Waals surface area contributed by atoms with Crippen molar-refractivity contribution >= 4 is 17.4 Å². The van der Waals surface area contributed by atoms with Crippen molar-refractivity contribution in [3.8, 4) is 6.07 Å². The summed E-state index contributed by atoms with van der Waals surface area (Å²) in [6, 6.07) is 9.39. The zero-order chi connectivity index (χ0) is 12.1. The van der Waals surface area contributed by atoms with E-state index in [9.17, 15) is 0 Å². The van der Waals surface area contributed by atoms with Gasteiger partial charge in [0.25, 0.3) is 0 Å². The lowest BCUT2D eigenvalue weighted by Crippen LogP contribution is -2.02. The van der Waals surface area contributed by atoms with E-state index >= 15 is 0 Å². The Morgan fingerprint density at radius 1 is 1.18 bits per heavy atom. The Morgan fingerprint density at radius 3 is 2.53 bits per heavy atom. The van der Waals surface area contributed by atoms with E-state index in [1.165, 1.54) is 6.20 Å². The van der Waals surface area contributed by atoms with Crippen LogP contribution in [0.5, 0.6) is 0 Å². The minimum absolute atomic E-state index is 0.348. The van der Waals surface area contributed by atoms with Gasteiger partial charge in [0.2, 0.25) is 0 Å². The minimum atomic E-state index is 0.348. The van der Waals surface area contributed by atoms with E-state index in [1.807, 2.05) is 12.1 Å². The van der Waals surface area contributed by atoms with Gasteiger partial charge in [-0.05, 0) is 17.7 Å². The topological polar surface area (TPSA) is 61.6 Å². The summed E-state index contributed by atoms with van der Waals surface area (Å²) in [5, 5.41) is 12.1. The maximum atomic E-state index is 8.67. The summed E-state index contributed by atoms with van der Waals surface area (Å²) < 4.78 is 0. The van der Waals surface area contributed by atoms with Gasteiger partial charge in [-0.25, -0.2) is 9.97 Å². The van der Waals surface area contributed by atoms with Crippen LogP contribution in [-0.4, -0.2) is 9.97 Å². The van der Waals surface area contributed by atoms with Gasteiger partial charge in [-0.1, -0.05) is 23.7 Å². The molecular formula is C12H9ClN4. The molecule has 5 heteroatoms. The molecular weight excluding hydrogens is 236 g/mol. The molecule has 0 fully saturated rings. The second-order valence-corrected chi connectivity index (χ2v) is 3.72. The smallest absolute Gasteiger partial charge is 0.171 e. The fourth-order valence-corrected chi connectivity index (χ4v) is 1.49. The summed E-state index contributed by atoms with van der Waals surface area (Å²) in [5.41, 5.74) is 1.69. The monoisotopic (exact) mass is 244 g/mol.